The number of halogens is 3. The second kappa shape index (κ2) is 10.8. The van der Waals surface area contributed by atoms with E-state index in [1.807, 2.05) is 6.07 Å². The number of anilines is 4. The number of fused-ring (bicyclic) bond motifs is 1. The lowest BCUT2D eigenvalue weighted by molar-refractivity contribution is -0.137. The zero-order chi connectivity index (χ0) is 29.5. The fraction of sp³-hybridized carbons (Fsp3) is 0.433. The fourth-order valence-electron chi connectivity index (χ4n) is 5.72. The normalized spacial score (nSPS) is 17.4. The van der Waals surface area contributed by atoms with Gasteiger partial charge in [0.15, 0.2) is 0 Å². The highest BCUT2D eigenvalue weighted by Gasteiger charge is 2.40. The number of aromatic hydroxyl groups is 1. The van der Waals surface area contributed by atoms with Crippen LogP contribution in [0.2, 0.25) is 0 Å². The molecule has 1 saturated heterocycles. The van der Waals surface area contributed by atoms with Crippen LogP contribution in [0.15, 0.2) is 42.6 Å². The summed E-state index contributed by atoms with van der Waals surface area (Å²) in [6.45, 7) is 9.92. The van der Waals surface area contributed by atoms with E-state index in [0.717, 1.165) is 43.3 Å². The molecular weight excluding hydrogens is 533 g/mol. The molecule has 1 aromatic heterocycles. The Kier molecular flexibility index (Phi) is 7.58. The summed E-state index contributed by atoms with van der Waals surface area (Å²) in [5, 5.41) is 19.2. The predicted molar refractivity (Wildman–Crippen MR) is 153 cm³/mol. The maximum Gasteiger partial charge on any atom is 0.421 e. The molecule has 0 aliphatic carbocycles. The number of rotatable bonds is 7. The van der Waals surface area contributed by atoms with Crippen molar-refractivity contribution in [1.82, 2.24) is 14.9 Å². The highest BCUT2D eigenvalue weighted by atomic mass is 19.4. The summed E-state index contributed by atoms with van der Waals surface area (Å²) in [7, 11) is 0. The summed E-state index contributed by atoms with van der Waals surface area (Å²) in [5.41, 5.74) is 1.54. The van der Waals surface area contributed by atoms with E-state index in [0.29, 0.717) is 28.9 Å². The SMILES string of the molecule is CC(C)N1CCC(c2ccc(Nc3ncc(C(F)(F)F)c(NCc4cccc5c4C(C)(C)C(=O)N5)n3)c(O)c2)CC1. The number of amides is 1. The molecular formula is C30H35F3N6O2. The number of benzene rings is 2. The van der Waals surface area contributed by atoms with Crippen LogP contribution in [0, 0.1) is 0 Å². The summed E-state index contributed by atoms with van der Waals surface area (Å²) >= 11 is 0. The van der Waals surface area contributed by atoms with Gasteiger partial charge in [-0.05, 0) is 94.4 Å². The molecule has 0 atom stereocenters. The number of hydrogen-bond acceptors (Lipinski definition) is 7. The van der Waals surface area contributed by atoms with Gasteiger partial charge in [-0.1, -0.05) is 18.2 Å². The Morgan fingerprint density at radius 3 is 2.56 bits per heavy atom. The molecule has 0 unspecified atom stereocenters. The average molecular weight is 569 g/mol. The van der Waals surface area contributed by atoms with Crippen LogP contribution in [-0.4, -0.2) is 45.0 Å². The molecule has 1 fully saturated rings. The minimum Gasteiger partial charge on any atom is -0.506 e. The molecule has 8 nitrogen and oxygen atoms in total. The number of piperidine rings is 1. The van der Waals surface area contributed by atoms with E-state index in [2.05, 4.69) is 44.7 Å². The Hall–Kier alpha value is -3.86. The number of nitrogens with zero attached hydrogens (tertiary/aromatic N) is 3. The van der Waals surface area contributed by atoms with Gasteiger partial charge in [0.25, 0.3) is 0 Å². The Morgan fingerprint density at radius 1 is 1.17 bits per heavy atom. The highest BCUT2D eigenvalue weighted by molar-refractivity contribution is 6.06. The molecule has 0 radical (unpaired) electrons. The standard InChI is InChI=1S/C30H35F3N6O2/c1-17(2)39-12-10-18(11-13-39)19-8-9-22(24(40)14-19)37-28-35-16-21(30(31,32)33)26(38-28)34-15-20-6-5-7-23-25(20)29(3,4)27(41)36-23/h5-9,14,16-18,40H,10-13,15H2,1-4H3,(H,36,41)(H2,34,35,37,38). The molecule has 0 saturated carbocycles. The smallest absolute Gasteiger partial charge is 0.421 e. The van der Waals surface area contributed by atoms with Gasteiger partial charge < -0.3 is 26.0 Å². The van der Waals surface area contributed by atoms with E-state index < -0.39 is 23.0 Å². The van der Waals surface area contributed by atoms with Gasteiger partial charge in [-0.15, -0.1) is 0 Å². The molecule has 0 spiro atoms. The van der Waals surface area contributed by atoms with Gasteiger partial charge >= 0.3 is 6.18 Å². The largest absolute Gasteiger partial charge is 0.506 e. The number of hydrogen-bond donors (Lipinski definition) is 4. The average Bonchev–Trinajstić information content (AvgIpc) is 3.16. The van der Waals surface area contributed by atoms with E-state index in [4.69, 9.17) is 0 Å². The van der Waals surface area contributed by atoms with Gasteiger partial charge in [-0.2, -0.15) is 18.2 Å². The third kappa shape index (κ3) is 5.81. The summed E-state index contributed by atoms with van der Waals surface area (Å²) in [6.07, 6.45) is -1.98. The van der Waals surface area contributed by atoms with Crippen molar-refractivity contribution in [3.63, 3.8) is 0 Å². The van der Waals surface area contributed by atoms with Crippen LogP contribution in [0.3, 0.4) is 0 Å². The number of alkyl halides is 3. The number of phenols is 1. The molecule has 2 aliphatic rings. The quantitative estimate of drug-likeness (QED) is 0.246. The van der Waals surface area contributed by atoms with Crippen molar-refractivity contribution in [2.45, 2.75) is 70.6 Å². The zero-order valence-corrected chi connectivity index (χ0v) is 23.6. The van der Waals surface area contributed by atoms with Crippen LogP contribution in [0.25, 0.3) is 0 Å². The predicted octanol–water partition coefficient (Wildman–Crippen LogP) is 6.37. The van der Waals surface area contributed by atoms with Crippen LogP contribution < -0.4 is 16.0 Å². The first-order valence-corrected chi connectivity index (χ1v) is 13.8. The van der Waals surface area contributed by atoms with Gasteiger partial charge in [0.1, 0.15) is 17.1 Å². The Bertz CT molecular complexity index is 1450. The van der Waals surface area contributed by atoms with Crippen molar-refractivity contribution < 1.29 is 23.1 Å². The van der Waals surface area contributed by atoms with Crippen molar-refractivity contribution in [2.75, 3.05) is 29.0 Å². The maximum atomic E-state index is 13.8. The lowest BCUT2D eigenvalue weighted by Gasteiger charge is -2.34. The van der Waals surface area contributed by atoms with E-state index in [1.165, 1.54) is 0 Å². The molecule has 2 aromatic carbocycles. The van der Waals surface area contributed by atoms with Crippen molar-refractivity contribution in [2.24, 2.45) is 0 Å². The molecule has 41 heavy (non-hydrogen) atoms. The van der Waals surface area contributed by atoms with Crippen molar-refractivity contribution in [3.05, 3.63) is 64.8 Å². The zero-order valence-electron chi connectivity index (χ0n) is 23.6. The maximum absolute atomic E-state index is 13.8. The Labute approximate surface area is 237 Å². The fourth-order valence-corrected chi connectivity index (χ4v) is 5.72. The third-order valence-electron chi connectivity index (χ3n) is 8.13. The number of nitrogens with one attached hydrogen (secondary N) is 3. The number of carbonyl (C=O) groups excluding carboxylic acids is 1. The molecule has 2 aliphatic heterocycles. The monoisotopic (exact) mass is 568 g/mol. The summed E-state index contributed by atoms with van der Waals surface area (Å²) in [4.78, 5) is 22.9. The van der Waals surface area contributed by atoms with Gasteiger partial charge in [0, 0.05) is 24.5 Å². The van der Waals surface area contributed by atoms with E-state index in [9.17, 15) is 23.1 Å². The molecule has 0 bridgehead atoms. The van der Waals surface area contributed by atoms with Crippen LogP contribution >= 0.6 is 0 Å². The van der Waals surface area contributed by atoms with E-state index in [-0.39, 0.29) is 24.1 Å². The van der Waals surface area contributed by atoms with Crippen LogP contribution in [-0.2, 0) is 22.9 Å². The number of aromatic nitrogens is 2. The van der Waals surface area contributed by atoms with Crippen LogP contribution in [0.1, 0.15) is 68.7 Å². The first-order chi connectivity index (χ1) is 19.3. The molecule has 5 rings (SSSR count). The minimum absolute atomic E-state index is 0.0106. The molecule has 1 amide bonds. The Morgan fingerprint density at radius 2 is 1.90 bits per heavy atom. The number of phenolic OH excluding ortho intramolecular Hbond substituents is 1. The number of carbonyl (C=O) groups is 1. The van der Waals surface area contributed by atoms with Gasteiger partial charge in [-0.3, -0.25) is 4.79 Å². The summed E-state index contributed by atoms with van der Waals surface area (Å²) in [6, 6.07) is 11.1. The van der Waals surface area contributed by atoms with Crippen LogP contribution in [0.5, 0.6) is 5.75 Å². The van der Waals surface area contributed by atoms with Gasteiger partial charge in [0.2, 0.25) is 11.9 Å². The summed E-state index contributed by atoms with van der Waals surface area (Å²) in [5.74, 6) is -0.361. The third-order valence-corrected chi connectivity index (χ3v) is 8.13. The van der Waals surface area contributed by atoms with E-state index >= 15 is 0 Å². The van der Waals surface area contributed by atoms with Crippen LogP contribution in [0.4, 0.5) is 36.3 Å². The molecule has 3 aromatic rings. The molecule has 4 N–H and O–H groups in total. The molecule has 3 heterocycles. The van der Waals surface area contributed by atoms with Gasteiger partial charge in [-0.25, -0.2) is 4.98 Å². The second-order valence-electron chi connectivity index (χ2n) is 11.5. The second-order valence-corrected chi connectivity index (χ2v) is 11.5. The summed E-state index contributed by atoms with van der Waals surface area (Å²) < 4.78 is 41.5. The van der Waals surface area contributed by atoms with Crippen molar-refractivity contribution in [1.29, 1.82) is 0 Å². The first kappa shape index (κ1) is 28.7. The number of likely N-dealkylation sites (tertiary alicyclic amines) is 1. The topological polar surface area (TPSA) is 102 Å². The Balaban J connectivity index is 1.35. The first-order valence-electron chi connectivity index (χ1n) is 13.8. The highest BCUT2D eigenvalue weighted by Crippen LogP contribution is 2.41. The lowest BCUT2D eigenvalue weighted by Crippen LogP contribution is -2.37. The molecule has 11 heteroatoms. The minimum atomic E-state index is -4.69. The van der Waals surface area contributed by atoms with Crippen molar-refractivity contribution in [3.8, 4) is 5.75 Å². The molecule has 218 valence electrons. The van der Waals surface area contributed by atoms with Crippen molar-refractivity contribution >= 4 is 29.0 Å². The van der Waals surface area contributed by atoms with E-state index in [1.54, 1.807) is 44.2 Å². The lowest BCUT2D eigenvalue weighted by atomic mass is 9.83. The van der Waals surface area contributed by atoms with Gasteiger partial charge in [0.05, 0.1) is 11.1 Å².